The molecule has 0 amide bonds. The van der Waals surface area contributed by atoms with E-state index in [-0.39, 0.29) is 12.4 Å². The molecule has 2 N–H and O–H groups in total. The van der Waals surface area contributed by atoms with Gasteiger partial charge in [0.2, 0.25) is 0 Å². The number of nitrogen functional groups attached to an aromatic ring is 1. The molecule has 0 bridgehead atoms. The molecule has 0 aliphatic carbocycles. The minimum absolute atomic E-state index is 0.0809. The summed E-state index contributed by atoms with van der Waals surface area (Å²) in [4.78, 5) is 3.91. The van der Waals surface area contributed by atoms with E-state index in [1.165, 1.54) is 35.0 Å². The smallest absolute Gasteiger partial charge is 0.419 e. The molecule has 1 heterocycles. The normalized spacial score (nSPS) is 11.5. The predicted molar refractivity (Wildman–Crippen MR) is 62.3 cm³/mol. The van der Waals surface area contributed by atoms with E-state index in [1.54, 1.807) is 0 Å². The van der Waals surface area contributed by atoms with Crippen LogP contribution in [0.5, 0.6) is 5.75 Å². The number of nitrogens with two attached hydrogens (primary N) is 1. The quantitative estimate of drug-likeness (QED) is 0.934. The van der Waals surface area contributed by atoms with E-state index < -0.39 is 11.7 Å². The molecule has 0 fully saturated rings. The Hall–Kier alpha value is -1.76. The monoisotopic (exact) mass is 274 g/mol. The summed E-state index contributed by atoms with van der Waals surface area (Å²) in [6.07, 6.45) is -4.44. The zero-order valence-electron chi connectivity index (χ0n) is 9.07. The number of aromatic nitrogens is 1. The highest BCUT2D eigenvalue weighted by molar-refractivity contribution is 7.13. The lowest BCUT2D eigenvalue weighted by atomic mass is 10.2. The Morgan fingerprint density at radius 2 is 2.00 bits per heavy atom. The van der Waals surface area contributed by atoms with E-state index in [2.05, 4.69) is 4.98 Å². The number of thiazole rings is 1. The van der Waals surface area contributed by atoms with Crippen molar-refractivity contribution >= 4 is 16.3 Å². The van der Waals surface area contributed by atoms with Gasteiger partial charge in [-0.25, -0.2) is 4.98 Å². The maximum atomic E-state index is 12.7. The number of hydrogen-bond donors (Lipinski definition) is 1. The second kappa shape index (κ2) is 4.85. The number of rotatable bonds is 3. The van der Waals surface area contributed by atoms with Crippen LogP contribution in [-0.4, -0.2) is 4.98 Å². The maximum Gasteiger partial charge on any atom is 0.419 e. The molecule has 1 aromatic heterocycles. The van der Waals surface area contributed by atoms with Gasteiger partial charge in [-0.2, -0.15) is 13.2 Å². The molecule has 3 nitrogen and oxygen atoms in total. The van der Waals surface area contributed by atoms with Gasteiger partial charge < -0.3 is 10.5 Å². The first-order valence-corrected chi connectivity index (χ1v) is 5.83. The molecule has 0 saturated carbocycles. The van der Waals surface area contributed by atoms with Gasteiger partial charge in [0.15, 0.2) is 0 Å². The molecule has 0 aliphatic rings. The van der Waals surface area contributed by atoms with Crippen molar-refractivity contribution in [3.05, 3.63) is 41.0 Å². The number of halogens is 3. The molecule has 0 saturated heterocycles. The Labute approximate surface area is 105 Å². The number of ether oxygens (including phenoxy) is 1. The number of benzene rings is 1. The fraction of sp³-hybridized carbons (Fsp3) is 0.182. The fourth-order valence-electron chi connectivity index (χ4n) is 1.36. The Morgan fingerprint density at radius 1 is 1.28 bits per heavy atom. The van der Waals surface area contributed by atoms with Crippen LogP contribution >= 0.6 is 11.3 Å². The zero-order valence-corrected chi connectivity index (χ0v) is 9.89. The molecular weight excluding hydrogens is 265 g/mol. The Kier molecular flexibility index (Phi) is 3.42. The highest BCUT2D eigenvalue weighted by Crippen LogP contribution is 2.36. The van der Waals surface area contributed by atoms with E-state index in [9.17, 15) is 13.2 Å². The number of para-hydroxylation sites is 1. The van der Waals surface area contributed by atoms with Crippen LogP contribution in [-0.2, 0) is 12.8 Å². The van der Waals surface area contributed by atoms with Crippen LogP contribution in [0.25, 0.3) is 0 Å². The Balaban J connectivity index is 2.17. The van der Waals surface area contributed by atoms with Crippen molar-refractivity contribution in [2.24, 2.45) is 0 Å². The van der Waals surface area contributed by atoms with Gasteiger partial charge in [-0.3, -0.25) is 0 Å². The Bertz CT molecular complexity index is 539. The van der Waals surface area contributed by atoms with Crippen LogP contribution in [0.3, 0.4) is 0 Å². The van der Waals surface area contributed by atoms with Gasteiger partial charge in [-0.1, -0.05) is 12.1 Å². The first kappa shape index (κ1) is 12.7. The van der Waals surface area contributed by atoms with Crippen LogP contribution < -0.4 is 10.5 Å². The SMILES string of the molecule is Nc1scnc1COc1ccccc1C(F)(F)F. The molecule has 0 aliphatic heterocycles. The molecule has 0 radical (unpaired) electrons. The predicted octanol–water partition coefficient (Wildman–Crippen LogP) is 3.32. The fourth-order valence-corrected chi connectivity index (χ4v) is 1.90. The standard InChI is InChI=1S/C11H9F3N2OS/c12-11(13,14)7-3-1-2-4-9(7)17-5-8-10(15)18-6-16-8/h1-4,6H,5,15H2. The lowest BCUT2D eigenvalue weighted by Gasteiger charge is -2.13. The highest BCUT2D eigenvalue weighted by Gasteiger charge is 2.34. The molecule has 0 unspecified atom stereocenters. The van der Waals surface area contributed by atoms with Crippen molar-refractivity contribution in [1.29, 1.82) is 0 Å². The van der Waals surface area contributed by atoms with E-state index >= 15 is 0 Å². The van der Waals surface area contributed by atoms with E-state index in [0.717, 1.165) is 6.07 Å². The molecule has 2 aromatic rings. The van der Waals surface area contributed by atoms with Crippen molar-refractivity contribution in [2.45, 2.75) is 12.8 Å². The maximum absolute atomic E-state index is 12.7. The number of alkyl halides is 3. The van der Waals surface area contributed by atoms with Crippen LogP contribution in [0.1, 0.15) is 11.3 Å². The molecule has 96 valence electrons. The minimum atomic E-state index is -4.44. The summed E-state index contributed by atoms with van der Waals surface area (Å²) in [6.45, 7) is -0.0809. The first-order valence-electron chi connectivity index (χ1n) is 4.95. The van der Waals surface area contributed by atoms with Crippen molar-refractivity contribution in [3.8, 4) is 5.75 Å². The van der Waals surface area contributed by atoms with Crippen molar-refractivity contribution in [3.63, 3.8) is 0 Å². The van der Waals surface area contributed by atoms with Crippen molar-refractivity contribution < 1.29 is 17.9 Å². The van der Waals surface area contributed by atoms with Gasteiger partial charge in [0.05, 0.1) is 11.1 Å². The zero-order chi connectivity index (χ0) is 13.2. The summed E-state index contributed by atoms with van der Waals surface area (Å²) >= 11 is 1.21. The van der Waals surface area contributed by atoms with Gasteiger partial charge in [-0.05, 0) is 12.1 Å². The number of hydrogen-bond acceptors (Lipinski definition) is 4. The molecule has 2 rings (SSSR count). The van der Waals surface area contributed by atoms with Crippen LogP contribution in [0, 0.1) is 0 Å². The van der Waals surface area contributed by atoms with Gasteiger partial charge in [0, 0.05) is 0 Å². The van der Waals surface area contributed by atoms with Crippen LogP contribution in [0.15, 0.2) is 29.8 Å². The molecule has 18 heavy (non-hydrogen) atoms. The van der Waals surface area contributed by atoms with Crippen molar-refractivity contribution in [1.82, 2.24) is 4.98 Å². The van der Waals surface area contributed by atoms with Gasteiger partial charge in [0.1, 0.15) is 23.1 Å². The summed E-state index contributed by atoms with van der Waals surface area (Å²) in [7, 11) is 0. The molecule has 0 spiro atoms. The largest absolute Gasteiger partial charge is 0.487 e. The summed E-state index contributed by atoms with van der Waals surface area (Å²) in [5.74, 6) is -0.225. The highest BCUT2D eigenvalue weighted by atomic mass is 32.1. The molecule has 1 aromatic carbocycles. The van der Waals surface area contributed by atoms with Crippen LogP contribution in [0.4, 0.5) is 18.2 Å². The molecule has 0 atom stereocenters. The van der Waals surface area contributed by atoms with Gasteiger partial charge in [-0.15, -0.1) is 11.3 Å². The summed E-state index contributed by atoms with van der Waals surface area (Å²) in [5, 5.41) is 0.444. The van der Waals surface area contributed by atoms with E-state index in [0.29, 0.717) is 10.7 Å². The molecular formula is C11H9F3N2OS. The van der Waals surface area contributed by atoms with Crippen LogP contribution in [0.2, 0.25) is 0 Å². The van der Waals surface area contributed by atoms with E-state index in [1.807, 2.05) is 0 Å². The second-order valence-corrected chi connectivity index (χ2v) is 4.33. The topological polar surface area (TPSA) is 48.1 Å². The summed E-state index contributed by atoms with van der Waals surface area (Å²) in [6, 6.07) is 5.03. The summed E-state index contributed by atoms with van der Waals surface area (Å²) < 4.78 is 43.2. The third-order valence-corrected chi connectivity index (χ3v) is 2.93. The lowest BCUT2D eigenvalue weighted by Crippen LogP contribution is -2.09. The average molecular weight is 274 g/mol. The van der Waals surface area contributed by atoms with Gasteiger partial charge in [0.25, 0.3) is 0 Å². The lowest BCUT2D eigenvalue weighted by molar-refractivity contribution is -0.139. The average Bonchev–Trinajstić information content (AvgIpc) is 2.71. The third kappa shape index (κ3) is 2.73. The third-order valence-electron chi connectivity index (χ3n) is 2.23. The minimum Gasteiger partial charge on any atom is -0.487 e. The van der Waals surface area contributed by atoms with E-state index in [4.69, 9.17) is 10.5 Å². The Morgan fingerprint density at radius 3 is 2.61 bits per heavy atom. The summed E-state index contributed by atoms with van der Waals surface area (Å²) in [5.41, 5.74) is 6.73. The molecule has 7 heteroatoms. The first-order chi connectivity index (χ1) is 8.48. The second-order valence-electron chi connectivity index (χ2n) is 3.45. The van der Waals surface area contributed by atoms with Gasteiger partial charge >= 0.3 is 6.18 Å². The number of anilines is 1. The number of nitrogens with zero attached hydrogens (tertiary/aromatic N) is 1. The van der Waals surface area contributed by atoms with Crippen molar-refractivity contribution in [2.75, 3.05) is 5.73 Å².